The number of benzene rings is 1. The van der Waals surface area contributed by atoms with Crippen molar-refractivity contribution in [1.29, 1.82) is 0 Å². The van der Waals surface area contributed by atoms with E-state index < -0.39 is 10.1 Å². The molecule has 0 radical (unpaired) electrons. The number of para-hydroxylation sites is 1. The van der Waals surface area contributed by atoms with Gasteiger partial charge in [-0.3, -0.25) is 4.55 Å². The van der Waals surface area contributed by atoms with Gasteiger partial charge in [-0.2, -0.15) is 8.42 Å². The molecule has 0 saturated carbocycles. The van der Waals surface area contributed by atoms with Crippen molar-refractivity contribution in [3.05, 3.63) is 24.3 Å². The Bertz CT molecular complexity index is 494. The molecule has 80 valence electrons. The van der Waals surface area contributed by atoms with Crippen LogP contribution < -0.4 is 4.74 Å². The molecule has 1 rings (SSSR count). The lowest BCUT2D eigenvalue weighted by Crippen LogP contribution is -2.03. The van der Waals surface area contributed by atoms with E-state index in [0.717, 1.165) is 0 Å². The Morgan fingerprint density at radius 3 is 2.67 bits per heavy atom. The fourth-order valence-corrected chi connectivity index (χ4v) is 1.60. The molecule has 0 saturated heterocycles. The molecule has 5 heteroatoms. The molecule has 0 spiro atoms. The average molecular weight is 226 g/mol. The topological polar surface area (TPSA) is 63.6 Å². The minimum Gasteiger partial charge on any atom is -0.479 e. The summed E-state index contributed by atoms with van der Waals surface area (Å²) in [6.07, 6.45) is 0. The SMILES string of the molecule is CC#CCOc1ccccc1S(=O)(=O)O. The zero-order valence-electron chi connectivity index (χ0n) is 8.10. The predicted octanol–water partition coefficient (Wildman–Crippen LogP) is 1.34. The van der Waals surface area contributed by atoms with E-state index in [2.05, 4.69) is 11.8 Å². The van der Waals surface area contributed by atoms with Gasteiger partial charge >= 0.3 is 0 Å². The Morgan fingerprint density at radius 2 is 2.07 bits per heavy atom. The van der Waals surface area contributed by atoms with Gasteiger partial charge in [-0.15, -0.1) is 5.92 Å². The molecule has 0 fully saturated rings. The van der Waals surface area contributed by atoms with Gasteiger partial charge < -0.3 is 4.74 Å². The second kappa shape index (κ2) is 4.82. The third-order valence-electron chi connectivity index (χ3n) is 1.60. The molecule has 0 heterocycles. The lowest BCUT2D eigenvalue weighted by atomic mass is 10.3. The van der Waals surface area contributed by atoms with Gasteiger partial charge in [-0.25, -0.2) is 0 Å². The van der Waals surface area contributed by atoms with Crippen LogP contribution in [0.4, 0.5) is 0 Å². The molecule has 1 N–H and O–H groups in total. The Balaban J connectivity index is 3.01. The van der Waals surface area contributed by atoms with Crippen LogP contribution >= 0.6 is 0 Å². The van der Waals surface area contributed by atoms with E-state index in [9.17, 15) is 8.42 Å². The Hall–Kier alpha value is -1.51. The fourth-order valence-electron chi connectivity index (χ4n) is 0.969. The van der Waals surface area contributed by atoms with E-state index in [0.29, 0.717) is 0 Å². The summed E-state index contributed by atoms with van der Waals surface area (Å²) in [5, 5.41) is 0. The van der Waals surface area contributed by atoms with Crippen LogP contribution in [0.25, 0.3) is 0 Å². The van der Waals surface area contributed by atoms with E-state index in [4.69, 9.17) is 9.29 Å². The van der Waals surface area contributed by atoms with E-state index >= 15 is 0 Å². The molecular formula is C10H10O4S. The van der Waals surface area contributed by atoms with Crippen molar-refractivity contribution < 1.29 is 17.7 Å². The summed E-state index contributed by atoms with van der Waals surface area (Å²) < 4.78 is 35.8. The maximum absolute atomic E-state index is 10.9. The van der Waals surface area contributed by atoms with Crippen LogP contribution in [0.2, 0.25) is 0 Å². The summed E-state index contributed by atoms with van der Waals surface area (Å²) in [6, 6.07) is 5.84. The zero-order valence-corrected chi connectivity index (χ0v) is 8.91. The summed E-state index contributed by atoms with van der Waals surface area (Å²) in [5.74, 6) is 5.34. The van der Waals surface area contributed by atoms with Gasteiger partial charge in [0.15, 0.2) is 0 Å². The van der Waals surface area contributed by atoms with Gasteiger partial charge in [-0.1, -0.05) is 18.1 Å². The molecule has 0 unspecified atom stereocenters. The highest BCUT2D eigenvalue weighted by atomic mass is 32.2. The number of ether oxygens (including phenoxy) is 1. The van der Waals surface area contributed by atoms with E-state index in [1.54, 1.807) is 13.0 Å². The maximum atomic E-state index is 10.9. The predicted molar refractivity (Wildman–Crippen MR) is 55.2 cm³/mol. The maximum Gasteiger partial charge on any atom is 0.298 e. The fraction of sp³-hybridized carbons (Fsp3) is 0.200. The van der Waals surface area contributed by atoms with Crippen LogP contribution in [0.3, 0.4) is 0 Å². The zero-order chi connectivity index (χ0) is 11.3. The van der Waals surface area contributed by atoms with Crippen LogP contribution in [-0.2, 0) is 10.1 Å². The van der Waals surface area contributed by atoms with E-state index in [1.807, 2.05) is 0 Å². The normalized spacial score (nSPS) is 10.3. The van der Waals surface area contributed by atoms with Gasteiger partial charge in [0, 0.05) is 0 Å². The third kappa shape index (κ3) is 3.27. The molecule has 15 heavy (non-hydrogen) atoms. The molecule has 4 nitrogen and oxygen atoms in total. The molecule has 0 atom stereocenters. The average Bonchev–Trinajstić information content (AvgIpc) is 2.17. The lowest BCUT2D eigenvalue weighted by molar-refractivity contribution is 0.357. The summed E-state index contributed by atoms with van der Waals surface area (Å²) in [7, 11) is -4.24. The van der Waals surface area contributed by atoms with Crippen LogP contribution in [0.15, 0.2) is 29.2 Å². The van der Waals surface area contributed by atoms with E-state index in [1.165, 1.54) is 18.2 Å². The van der Waals surface area contributed by atoms with Crippen molar-refractivity contribution >= 4 is 10.1 Å². The first-order valence-electron chi connectivity index (χ1n) is 4.14. The molecule has 1 aromatic rings. The van der Waals surface area contributed by atoms with Gasteiger partial charge in [0.25, 0.3) is 10.1 Å². The number of hydrogen-bond acceptors (Lipinski definition) is 3. The summed E-state index contributed by atoms with van der Waals surface area (Å²) in [5.41, 5.74) is 0. The molecule has 0 aliphatic heterocycles. The summed E-state index contributed by atoms with van der Waals surface area (Å²) in [6.45, 7) is 1.74. The van der Waals surface area contributed by atoms with Crippen molar-refractivity contribution in [2.24, 2.45) is 0 Å². The Labute approximate surface area is 88.6 Å². The summed E-state index contributed by atoms with van der Waals surface area (Å²) >= 11 is 0. The molecule has 0 aliphatic carbocycles. The molecule has 0 amide bonds. The first-order chi connectivity index (χ1) is 7.05. The highest BCUT2D eigenvalue weighted by molar-refractivity contribution is 7.86. The highest BCUT2D eigenvalue weighted by Crippen LogP contribution is 2.22. The monoisotopic (exact) mass is 226 g/mol. The Morgan fingerprint density at radius 1 is 1.40 bits per heavy atom. The lowest BCUT2D eigenvalue weighted by Gasteiger charge is -2.06. The Kier molecular flexibility index (Phi) is 3.72. The van der Waals surface area contributed by atoms with Crippen molar-refractivity contribution in [1.82, 2.24) is 0 Å². The first kappa shape index (κ1) is 11.6. The van der Waals surface area contributed by atoms with Gasteiger partial charge in [-0.05, 0) is 19.1 Å². The molecule has 0 aliphatic rings. The van der Waals surface area contributed by atoms with E-state index in [-0.39, 0.29) is 17.3 Å². The quantitative estimate of drug-likeness (QED) is 0.624. The van der Waals surface area contributed by atoms with Crippen LogP contribution in [0.5, 0.6) is 5.75 Å². The highest BCUT2D eigenvalue weighted by Gasteiger charge is 2.15. The van der Waals surface area contributed by atoms with Gasteiger partial charge in [0.2, 0.25) is 0 Å². The van der Waals surface area contributed by atoms with Crippen LogP contribution in [-0.4, -0.2) is 19.6 Å². The van der Waals surface area contributed by atoms with Crippen molar-refractivity contribution in [3.63, 3.8) is 0 Å². The van der Waals surface area contributed by atoms with Gasteiger partial charge in [0.1, 0.15) is 17.3 Å². The van der Waals surface area contributed by atoms with Crippen molar-refractivity contribution in [3.8, 4) is 17.6 Å². The minimum atomic E-state index is -4.24. The third-order valence-corrected chi connectivity index (χ3v) is 2.50. The standard InChI is InChI=1S/C10H10O4S/c1-2-3-8-14-9-6-4-5-7-10(9)15(11,12)13/h4-7H,8H2,1H3,(H,11,12,13). The van der Waals surface area contributed by atoms with Crippen molar-refractivity contribution in [2.75, 3.05) is 6.61 Å². The molecular weight excluding hydrogens is 216 g/mol. The summed E-state index contributed by atoms with van der Waals surface area (Å²) in [4.78, 5) is -0.247. The smallest absolute Gasteiger partial charge is 0.298 e. The van der Waals surface area contributed by atoms with Gasteiger partial charge in [0.05, 0.1) is 0 Å². The molecule has 1 aromatic carbocycles. The minimum absolute atomic E-state index is 0.0863. The van der Waals surface area contributed by atoms with Crippen LogP contribution in [0.1, 0.15) is 6.92 Å². The van der Waals surface area contributed by atoms with Crippen LogP contribution in [0, 0.1) is 11.8 Å². The second-order valence-corrected chi connectivity index (χ2v) is 4.03. The molecule has 0 aromatic heterocycles. The second-order valence-electron chi connectivity index (χ2n) is 2.64. The molecule has 0 bridgehead atoms. The van der Waals surface area contributed by atoms with Crippen molar-refractivity contribution in [2.45, 2.75) is 11.8 Å². The largest absolute Gasteiger partial charge is 0.479 e. The first-order valence-corrected chi connectivity index (χ1v) is 5.58. The number of hydrogen-bond donors (Lipinski definition) is 1. The number of rotatable bonds is 3.